The predicted molar refractivity (Wildman–Crippen MR) is 135 cm³/mol. The van der Waals surface area contributed by atoms with Gasteiger partial charge in [-0.2, -0.15) is 0 Å². The average Bonchev–Trinajstić information content (AvgIpc) is 3.23. The number of nitrogens with zero attached hydrogens (tertiary/aromatic N) is 1. The minimum Gasteiger partial charge on any atom is -0.493 e. The molecular formula is C24H21BrN2O6S. The van der Waals surface area contributed by atoms with Gasteiger partial charge in [0.05, 0.1) is 18.1 Å². The van der Waals surface area contributed by atoms with Gasteiger partial charge in [0.2, 0.25) is 5.91 Å². The summed E-state index contributed by atoms with van der Waals surface area (Å²) in [5.41, 5.74) is 1.66. The quantitative estimate of drug-likeness (QED) is 0.146. The number of thiophene rings is 1. The van der Waals surface area contributed by atoms with Crippen molar-refractivity contribution < 1.29 is 24.0 Å². The second kappa shape index (κ2) is 11.6. The number of esters is 1. The van der Waals surface area contributed by atoms with E-state index in [2.05, 4.69) is 21.2 Å². The maximum absolute atomic E-state index is 12.7. The minimum atomic E-state index is -0.629. The predicted octanol–water partition coefficient (Wildman–Crippen LogP) is 6.31. The second-order valence-electron chi connectivity index (χ2n) is 6.82. The summed E-state index contributed by atoms with van der Waals surface area (Å²) in [5.74, 6) is -0.457. The molecular weight excluding hydrogens is 524 g/mol. The SMILES string of the molecule is CCOC(=O)c1c(-c2cccc([N+](=O)[O-])c2)csc1NC(=O)/C=C/c1cc(Br)ccc1OCC. The lowest BCUT2D eigenvalue weighted by molar-refractivity contribution is -0.384. The third-order valence-corrected chi connectivity index (χ3v) is 5.95. The normalized spacial score (nSPS) is 10.8. The van der Waals surface area contributed by atoms with Gasteiger partial charge in [0.25, 0.3) is 5.69 Å². The summed E-state index contributed by atoms with van der Waals surface area (Å²) >= 11 is 4.54. The van der Waals surface area contributed by atoms with Gasteiger partial charge in [0.1, 0.15) is 16.3 Å². The molecule has 0 saturated heterocycles. The summed E-state index contributed by atoms with van der Waals surface area (Å²) in [4.78, 5) is 36.1. The zero-order valence-corrected chi connectivity index (χ0v) is 20.8. The third kappa shape index (κ3) is 6.09. The van der Waals surface area contributed by atoms with Gasteiger partial charge >= 0.3 is 5.97 Å². The first-order valence-corrected chi connectivity index (χ1v) is 12.0. The van der Waals surface area contributed by atoms with Crippen LogP contribution in [0.4, 0.5) is 10.7 Å². The molecule has 0 unspecified atom stereocenters. The highest BCUT2D eigenvalue weighted by Gasteiger charge is 2.23. The molecule has 0 bridgehead atoms. The van der Waals surface area contributed by atoms with Crippen molar-refractivity contribution in [3.63, 3.8) is 0 Å². The molecule has 2 aromatic carbocycles. The molecule has 176 valence electrons. The lowest BCUT2D eigenvalue weighted by Gasteiger charge is -2.09. The Morgan fingerprint density at radius 3 is 2.68 bits per heavy atom. The number of ether oxygens (including phenoxy) is 2. The number of non-ortho nitro benzene ring substituents is 1. The van der Waals surface area contributed by atoms with Crippen LogP contribution < -0.4 is 10.1 Å². The number of nitrogens with one attached hydrogen (secondary N) is 1. The Morgan fingerprint density at radius 2 is 1.97 bits per heavy atom. The molecule has 3 aromatic rings. The van der Waals surface area contributed by atoms with Gasteiger partial charge in [-0.15, -0.1) is 11.3 Å². The largest absolute Gasteiger partial charge is 0.493 e. The molecule has 1 heterocycles. The summed E-state index contributed by atoms with van der Waals surface area (Å²) in [6, 6.07) is 11.4. The number of benzene rings is 2. The van der Waals surface area contributed by atoms with Gasteiger partial charge in [-0.25, -0.2) is 4.79 Å². The lowest BCUT2D eigenvalue weighted by Crippen LogP contribution is -2.12. The van der Waals surface area contributed by atoms with Crippen LogP contribution in [0.3, 0.4) is 0 Å². The van der Waals surface area contributed by atoms with Gasteiger partial charge < -0.3 is 14.8 Å². The van der Waals surface area contributed by atoms with Crippen molar-refractivity contribution in [3.05, 3.63) is 79.6 Å². The number of amides is 1. The molecule has 0 aliphatic carbocycles. The fourth-order valence-electron chi connectivity index (χ4n) is 3.11. The number of rotatable bonds is 9. The molecule has 0 radical (unpaired) electrons. The maximum Gasteiger partial charge on any atom is 0.341 e. The molecule has 0 aliphatic heterocycles. The highest BCUT2D eigenvalue weighted by molar-refractivity contribution is 9.10. The molecule has 3 rings (SSSR count). The first-order valence-electron chi connectivity index (χ1n) is 10.3. The molecule has 34 heavy (non-hydrogen) atoms. The van der Waals surface area contributed by atoms with E-state index in [-0.39, 0.29) is 22.9 Å². The number of carbonyl (C=O) groups is 2. The van der Waals surface area contributed by atoms with Crippen LogP contribution in [-0.4, -0.2) is 30.0 Å². The van der Waals surface area contributed by atoms with E-state index < -0.39 is 16.8 Å². The summed E-state index contributed by atoms with van der Waals surface area (Å²) < 4.78 is 11.6. The van der Waals surface area contributed by atoms with Crippen LogP contribution in [0.25, 0.3) is 17.2 Å². The van der Waals surface area contributed by atoms with Crippen LogP contribution in [-0.2, 0) is 9.53 Å². The Kier molecular flexibility index (Phi) is 8.55. The van der Waals surface area contributed by atoms with Crippen molar-refractivity contribution in [2.24, 2.45) is 0 Å². The Labute approximate surface area is 208 Å². The number of nitro groups is 1. The van der Waals surface area contributed by atoms with E-state index in [9.17, 15) is 19.7 Å². The first kappa shape index (κ1) is 25.1. The van der Waals surface area contributed by atoms with E-state index in [1.165, 1.54) is 24.3 Å². The Balaban J connectivity index is 1.92. The number of nitro benzene ring substituents is 1. The number of hydrogen-bond donors (Lipinski definition) is 1. The highest BCUT2D eigenvalue weighted by Crippen LogP contribution is 2.37. The monoisotopic (exact) mass is 544 g/mol. The van der Waals surface area contributed by atoms with Gasteiger partial charge in [-0.05, 0) is 43.7 Å². The van der Waals surface area contributed by atoms with Gasteiger partial charge in [-0.1, -0.05) is 28.1 Å². The summed E-state index contributed by atoms with van der Waals surface area (Å²) in [6.07, 6.45) is 2.95. The van der Waals surface area contributed by atoms with Crippen molar-refractivity contribution in [1.82, 2.24) is 0 Å². The molecule has 0 fully saturated rings. The Bertz CT molecular complexity index is 1250. The number of carbonyl (C=O) groups excluding carboxylic acids is 2. The van der Waals surface area contributed by atoms with Crippen molar-refractivity contribution in [2.75, 3.05) is 18.5 Å². The lowest BCUT2D eigenvalue weighted by atomic mass is 10.0. The zero-order chi connectivity index (χ0) is 24.7. The highest BCUT2D eigenvalue weighted by atomic mass is 79.9. The van der Waals surface area contributed by atoms with Crippen LogP contribution in [0.5, 0.6) is 5.75 Å². The van der Waals surface area contributed by atoms with Crippen molar-refractivity contribution in [2.45, 2.75) is 13.8 Å². The summed E-state index contributed by atoms with van der Waals surface area (Å²) in [7, 11) is 0. The second-order valence-corrected chi connectivity index (χ2v) is 8.61. The first-order chi connectivity index (χ1) is 16.3. The van der Waals surface area contributed by atoms with E-state index in [1.54, 1.807) is 30.5 Å². The van der Waals surface area contributed by atoms with E-state index in [0.717, 1.165) is 15.8 Å². The minimum absolute atomic E-state index is 0.105. The van der Waals surface area contributed by atoms with Gasteiger partial charge in [0, 0.05) is 39.2 Å². The van der Waals surface area contributed by atoms with E-state index >= 15 is 0 Å². The van der Waals surface area contributed by atoms with Crippen LogP contribution in [0.2, 0.25) is 0 Å². The molecule has 1 amide bonds. The van der Waals surface area contributed by atoms with E-state index in [1.807, 2.05) is 19.1 Å². The summed E-state index contributed by atoms with van der Waals surface area (Å²) in [6.45, 7) is 4.16. The Hall–Kier alpha value is -3.50. The molecule has 1 N–H and O–H groups in total. The van der Waals surface area contributed by atoms with Gasteiger partial charge in [-0.3, -0.25) is 14.9 Å². The molecule has 0 atom stereocenters. The van der Waals surface area contributed by atoms with Crippen molar-refractivity contribution in [1.29, 1.82) is 0 Å². The van der Waals surface area contributed by atoms with Crippen molar-refractivity contribution in [3.8, 4) is 16.9 Å². The van der Waals surface area contributed by atoms with E-state index in [0.29, 0.717) is 29.0 Å². The molecule has 0 aliphatic rings. The van der Waals surface area contributed by atoms with Gasteiger partial charge in [0.15, 0.2) is 0 Å². The molecule has 0 spiro atoms. The fraction of sp³-hybridized carbons (Fsp3) is 0.167. The van der Waals surface area contributed by atoms with Crippen LogP contribution in [0.15, 0.2) is 58.4 Å². The number of anilines is 1. The molecule has 8 nitrogen and oxygen atoms in total. The standard InChI is InChI=1S/C24H21BrN2O6S/c1-3-32-20-10-9-17(25)12-16(20)8-11-21(28)26-23-22(24(29)33-4-2)19(14-34-23)15-6-5-7-18(13-15)27(30)31/h5-14H,3-4H2,1-2H3,(H,26,28)/b11-8+. The maximum atomic E-state index is 12.7. The molecule has 10 heteroatoms. The summed E-state index contributed by atoms with van der Waals surface area (Å²) in [5, 5.41) is 15.8. The smallest absolute Gasteiger partial charge is 0.341 e. The van der Waals surface area contributed by atoms with Crippen LogP contribution in [0, 0.1) is 10.1 Å². The molecule has 0 saturated carbocycles. The topological polar surface area (TPSA) is 108 Å². The fourth-order valence-corrected chi connectivity index (χ4v) is 4.45. The average molecular weight is 545 g/mol. The van der Waals surface area contributed by atoms with E-state index in [4.69, 9.17) is 9.47 Å². The zero-order valence-electron chi connectivity index (χ0n) is 18.4. The Morgan fingerprint density at radius 1 is 1.18 bits per heavy atom. The third-order valence-electron chi connectivity index (χ3n) is 4.56. The number of hydrogen-bond acceptors (Lipinski definition) is 7. The van der Waals surface area contributed by atoms with Crippen LogP contribution in [0.1, 0.15) is 29.8 Å². The molecule has 1 aromatic heterocycles. The van der Waals surface area contributed by atoms with Crippen molar-refractivity contribution >= 4 is 55.9 Å². The number of halogens is 1. The van der Waals surface area contributed by atoms with Crippen LogP contribution >= 0.6 is 27.3 Å².